The second kappa shape index (κ2) is 2.07. The highest BCUT2D eigenvalue weighted by Crippen LogP contribution is 1.83. The van der Waals surface area contributed by atoms with E-state index in [1.165, 1.54) is 0 Å². The van der Waals surface area contributed by atoms with Crippen molar-refractivity contribution in [3.05, 3.63) is 12.5 Å². The average molecular weight is 104 g/mol. The Labute approximate surface area is 39.6 Å². The summed E-state index contributed by atoms with van der Waals surface area (Å²) in [5.74, 6) is -0.812. The highest BCUT2D eigenvalue weighted by molar-refractivity contribution is 5.57. The molecule has 0 aromatic heterocycles. The zero-order chi connectivity index (χ0) is 5.86. The molecule has 40 valence electrons. The van der Waals surface area contributed by atoms with Crippen LogP contribution >= 0.6 is 0 Å². The van der Waals surface area contributed by atoms with Crippen LogP contribution < -0.4 is 0 Å². The topological polar surface area (TPSA) is 66.8 Å². The lowest BCUT2D eigenvalue weighted by Gasteiger charge is -1.89. The van der Waals surface area contributed by atoms with E-state index in [-0.39, 0.29) is 0 Å². The predicted octanol–water partition coefficient (Wildman–Crippen LogP) is 0.710. The van der Waals surface area contributed by atoms with Crippen LogP contribution in [-0.4, -0.2) is 16.4 Å². The minimum absolute atomic E-state index is 0.812. The molecule has 0 aliphatic heterocycles. The number of carboxylic acid groups (broad SMARTS) is 1. The highest BCUT2D eigenvalue weighted by Gasteiger charge is 1.94. The van der Waals surface area contributed by atoms with Gasteiger partial charge in [0.2, 0.25) is 0 Å². The Bertz CT molecular complexity index is 83.1. The first-order valence-electron chi connectivity index (χ1n) is 1.41. The van der Waals surface area contributed by atoms with E-state index in [4.69, 9.17) is 10.2 Å². The number of ether oxygens (including phenoxy) is 1. The van der Waals surface area contributed by atoms with Crippen LogP contribution in [0.15, 0.2) is 12.5 Å². The molecule has 0 heterocycles. The van der Waals surface area contributed by atoms with E-state index in [0.29, 0.717) is 0 Å². The Morgan fingerprint density at radius 2 is 2.00 bits per heavy atom. The van der Waals surface area contributed by atoms with Crippen LogP contribution in [-0.2, 0) is 4.74 Å². The maximum Gasteiger partial charge on any atom is 0.513 e. The molecule has 0 atom stereocenters. The Kier molecular flexibility index (Phi) is 1.72. The van der Waals surface area contributed by atoms with Crippen molar-refractivity contribution in [2.24, 2.45) is 0 Å². The van der Waals surface area contributed by atoms with Crippen molar-refractivity contribution in [2.45, 2.75) is 0 Å². The maximum atomic E-state index is 9.37. The van der Waals surface area contributed by atoms with Gasteiger partial charge in [0.15, 0.2) is 0 Å². The van der Waals surface area contributed by atoms with Crippen molar-refractivity contribution in [2.75, 3.05) is 0 Å². The minimum atomic E-state index is -1.56. The summed E-state index contributed by atoms with van der Waals surface area (Å²) in [7, 11) is 0. The van der Waals surface area contributed by atoms with Crippen LogP contribution in [0, 0.1) is 0 Å². The molecular formula is C3H4O4. The van der Waals surface area contributed by atoms with Gasteiger partial charge in [0, 0.05) is 0 Å². The molecule has 0 bridgehead atoms. The van der Waals surface area contributed by atoms with E-state index >= 15 is 0 Å². The standard InChI is InChI=1S/C3H4O4/c1-2(4)7-3(5)6/h4H,1H2,(H,5,6). The molecule has 0 saturated heterocycles. The van der Waals surface area contributed by atoms with Gasteiger partial charge in [0.05, 0.1) is 0 Å². The second-order valence-corrected chi connectivity index (χ2v) is 0.762. The van der Waals surface area contributed by atoms with E-state index in [9.17, 15) is 4.79 Å². The van der Waals surface area contributed by atoms with Gasteiger partial charge in [0.25, 0.3) is 5.95 Å². The molecule has 0 aliphatic carbocycles. The molecule has 0 aromatic rings. The van der Waals surface area contributed by atoms with Gasteiger partial charge in [-0.25, -0.2) is 4.79 Å². The monoisotopic (exact) mass is 104 g/mol. The quantitative estimate of drug-likeness (QED) is 0.379. The second-order valence-electron chi connectivity index (χ2n) is 0.762. The number of aliphatic hydroxyl groups is 1. The molecule has 0 radical (unpaired) electrons. The highest BCUT2D eigenvalue weighted by atomic mass is 16.7. The molecule has 4 nitrogen and oxygen atoms in total. The number of carbonyl (C=O) groups is 1. The SMILES string of the molecule is C=C(O)OC(=O)O. The fraction of sp³-hybridized carbons (Fsp3) is 0. The van der Waals surface area contributed by atoms with Crippen LogP contribution in [0.2, 0.25) is 0 Å². The van der Waals surface area contributed by atoms with Crippen LogP contribution in [0.3, 0.4) is 0 Å². The molecule has 0 rings (SSSR count). The first kappa shape index (κ1) is 5.81. The van der Waals surface area contributed by atoms with Crippen molar-refractivity contribution in [1.82, 2.24) is 0 Å². The lowest BCUT2D eigenvalue weighted by Crippen LogP contribution is -1.97. The van der Waals surface area contributed by atoms with Gasteiger partial charge < -0.3 is 14.9 Å². The summed E-state index contributed by atoms with van der Waals surface area (Å²) < 4.78 is 3.53. The third-order valence-corrected chi connectivity index (χ3v) is 0.205. The molecule has 0 aliphatic rings. The Morgan fingerprint density at radius 3 is 2.00 bits per heavy atom. The third-order valence-electron chi connectivity index (χ3n) is 0.205. The summed E-state index contributed by atoms with van der Waals surface area (Å²) in [6.45, 7) is 2.75. The number of hydrogen-bond donors (Lipinski definition) is 2. The molecule has 4 heteroatoms. The Morgan fingerprint density at radius 1 is 1.57 bits per heavy atom. The molecule has 0 aromatic carbocycles. The van der Waals surface area contributed by atoms with Crippen LogP contribution in [0.4, 0.5) is 4.79 Å². The predicted molar refractivity (Wildman–Crippen MR) is 20.9 cm³/mol. The number of rotatable bonds is 1. The van der Waals surface area contributed by atoms with Crippen molar-refractivity contribution in [3.63, 3.8) is 0 Å². The fourth-order valence-electron chi connectivity index (χ4n) is 0.101. The van der Waals surface area contributed by atoms with Gasteiger partial charge in [0.1, 0.15) is 0 Å². The van der Waals surface area contributed by atoms with Crippen LogP contribution in [0.1, 0.15) is 0 Å². The van der Waals surface area contributed by atoms with E-state index in [1.54, 1.807) is 0 Å². The van der Waals surface area contributed by atoms with E-state index in [2.05, 4.69) is 11.3 Å². The molecule has 0 unspecified atom stereocenters. The van der Waals surface area contributed by atoms with Gasteiger partial charge in [-0.15, -0.1) is 0 Å². The lowest BCUT2D eigenvalue weighted by atomic mass is 11.0. The van der Waals surface area contributed by atoms with Gasteiger partial charge in [-0.05, 0) is 6.58 Å². The third kappa shape index (κ3) is 4.81. The van der Waals surface area contributed by atoms with Crippen molar-refractivity contribution in [3.8, 4) is 0 Å². The number of aliphatic hydroxyl groups excluding tert-OH is 1. The van der Waals surface area contributed by atoms with Gasteiger partial charge in [-0.2, -0.15) is 0 Å². The fourth-order valence-corrected chi connectivity index (χ4v) is 0.101. The average Bonchev–Trinajstić information content (AvgIpc) is 1.27. The Balaban J connectivity index is 3.32. The van der Waals surface area contributed by atoms with Gasteiger partial charge in [-0.1, -0.05) is 0 Å². The zero-order valence-corrected chi connectivity index (χ0v) is 3.42. The maximum absolute atomic E-state index is 9.37. The van der Waals surface area contributed by atoms with Gasteiger partial charge in [-0.3, -0.25) is 0 Å². The van der Waals surface area contributed by atoms with Crippen LogP contribution in [0.25, 0.3) is 0 Å². The normalized spacial score (nSPS) is 7.43. The summed E-state index contributed by atoms with van der Waals surface area (Å²) in [5.41, 5.74) is 0. The summed E-state index contributed by atoms with van der Waals surface area (Å²) in [4.78, 5) is 9.37. The molecule has 2 N–H and O–H groups in total. The molecule has 0 fully saturated rings. The summed E-state index contributed by atoms with van der Waals surface area (Å²) in [5, 5.41) is 15.6. The summed E-state index contributed by atoms with van der Waals surface area (Å²) >= 11 is 0. The van der Waals surface area contributed by atoms with Crippen LogP contribution in [0.5, 0.6) is 0 Å². The van der Waals surface area contributed by atoms with Crippen molar-refractivity contribution in [1.29, 1.82) is 0 Å². The number of hydrogen-bond acceptors (Lipinski definition) is 3. The first-order chi connectivity index (χ1) is 3.13. The molecule has 7 heavy (non-hydrogen) atoms. The summed E-state index contributed by atoms with van der Waals surface area (Å²) in [6.07, 6.45) is -1.56. The van der Waals surface area contributed by atoms with E-state index < -0.39 is 12.1 Å². The zero-order valence-electron chi connectivity index (χ0n) is 3.42. The van der Waals surface area contributed by atoms with Crippen molar-refractivity contribution < 1.29 is 19.7 Å². The molecule has 0 saturated carbocycles. The molecule has 0 spiro atoms. The Hall–Kier alpha value is -1.19. The van der Waals surface area contributed by atoms with E-state index in [1.807, 2.05) is 0 Å². The first-order valence-corrected chi connectivity index (χ1v) is 1.41. The van der Waals surface area contributed by atoms with E-state index in [0.717, 1.165) is 0 Å². The molecule has 0 amide bonds. The molecular weight excluding hydrogens is 100 g/mol. The van der Waals surface area contributed by atoms with Crippen molar-refractivity contribution >= 4 is 6.16 Å². The largest absolute Gasteiger partial charge is 0.513 e. The lowest BCUT2D eigenvalue weighted by molar-refractivity contribution is 0.0771. The van der Waals surface area contributed by atoms with Gasteiger partial charge >= 0.3 is 6.16 Å². The summed E-state index contributed by atoms with van der Waals surface area (Å²) in [6, 6.07) is 0. The smallest absolute Gasteiger partial charge is 0.481 e. The minimum Gasteiger partial charge on any atom is -0.481 e.